The molecule has 8 nitrogen and oxygen atoms in total. The van der Waals surface area contributed by atoms with Gasteiger partial charge < -0.3 is 24.6 Å². The van der Waals surface area contributed by atoms with Crippen LogP contribution in [0.1, 0.15) is 75.1 Å². The maximum Gasteiger partial charge on any atom is 0.410 e. The monoisotopic (exact) mass is 710 g/mol. The lowest BCUT2D eigenvalue weighted by molar-refractivity contribution is 0.00988. The van der Waals surface area contributed by atoms with E-state index in [-0.39, 0.29) is 18.2 Å². The molecular formula is C45H50N4O4. The molecule has 8 heteroatoms. The minimum Gasteiger partial charge on any atom is -0.489 e. The lowest BCUT2D eigenvalue weighted by Crippen LogP contribution is -2.43. The van der Waals surface area contributed by atoms with E-state index in [1.807, 2.05) is 92.4 Å². The molecule has 53 heavy (non-hydrogen) atoms. The fourth-order valence-corrected chi connectivity index (χ4v) is 6.57. The number of urea groups is 1. The number of amides is 3. The molecule has 1 heterocycles. The van der Waals surface area contributed by atoms with Gasteiger partial charge in [0.2, 0.25) is 0 Å². The third-order valence-electron chi connectivity index (χ3n) is 9.35. The first-order valence-corrected chi connectivity index (χ1v) is 18.6. The molecule has 3 amide bonds. The van der Waals surface area contributed by atoms with Crippen molar-refractivity contribution in [2.24, 2.45) is 0 Å². The van der Waals surface area contributed by atoms with Gasteiger partial charge in [-0.1, -0.05) is 104 Å². The van der Waals surface area contributed by atoms with Gasteiger partial charge in [0.25, 0.3) is 0 Å². The number of benzene rings is 4. The summed E-state index contributed by atoms with van der Waals surface area (Å²) in [5.41, 5.74) is 6.43. The Kier molecular flexibility index (Phi) is 12.4. The highest BCUT2D eigenvalue weighted by Gasteiger charge is 2.29. The highest BCUT2D eigenvalue weighted by atomic mass is 16.6. The van der Waals surface area contributed by atoms with Gasteiger partial charge in [-0.2, -0.15) is 0 Å². The lowest BCUT2D eigenvalue weighted by atomic mass is 9.94. The van der Waals surface area contributed by atoms with Crippen LogP contribution < -0.4 is 10.1 Å². The van der Waals surface area contributed by atoms with E-state index >= 15 is 0 Å². The third-order valence-corrected chi connectivity index (χ3v) is 9.35. The standard InChI is InChI=1S/C45H50N4O4/c1-45(2,3)53-44(51)49(41-14-8-5-9-15-41)32-35-18-22-39(23-19-35)38-20-16-34(17-21-38)30-48(31-37-13-10-28-46-29-37)43(50)47-40-24-26-42(27-25-40)52-33-36-11-6-4-7-12-36/h4,6-7,10-13,16-29,41H,5,8-9,14-15,30-33H2,1-3H3,(H,47,50). The topological polar surface area (TPSA) is 84.0 Å². The molecule has 0 radical (unpaired) electrons. The van der Waals surface area contributed by atoms with Crippen LogP contribution in [0.4, 0.5) is 15.3 Å². The van der Waals surface area contributed by atoms with Crippen LogP contribution in [0.25, 0.3) is 11.1 Å². The highest BCUT2D eigenvalue weighted by Crippen LogP contribution is 2.28. The largest absolute Gasteiger partial charge is 0.489 e. The zero-order valence-corrected chi connectivity index (χ0v) is 31.0. The fraction of sp³-hybridized carbons (Fsp3) is 0.311. The summed E-state index contributed by atoms with van der Waals surface area (Å²) < 4.78 is 11.7. The minimum absolute atomic E-state index is 0.205. The van der Waals surface area contributed by atoms with Crippen molar-refractivity contribution in [3.63, 3.8) is 0 Å². The summed E-state index contributed by atoms with van der Waals surface area (Å²) >= 11 is 0. The number of aromatic nitrogens is 1. The first kappa shape index (κ1) is 37.1. The molecule has 274 valence electrons. The van der Waals surface area contributed by atoms with Crippen LogP contribution in [0.2, 0.25) is 0 Å². The number of nitrogens with one attached hydrogen (secondary N) is 1. The van der Waals surface area contributed by atoms with Gasteiger partial charge in [-0.25, -0.2) is 9.59 Å². The van der Waals surface area contributed by atoms with Gasteiger partial charge in [0.05, 0.1) is 0 Å². The predicted octanol–water partition coefficient (Wildman–Crippen LogP) is 10.6. The van der Waals surface area contributed by atoms with Crippen LogP contribution in [0.5, 0.6) is 5.75 Å². The fourth-order valence-electron chi connectivity index (χ4n) is 6.57. The summed E-state index contributed by atoms with van der Waals surface area (Å²) in [6.07, 6.45) is 8.82. The van der Waals surface area contributed by atoms with E-state index < -0.39 is 5.60 Å². The number of hydrogen-bond donors (Lipinski definition) is 1. The van der Waals surface area contributed by atoms with Crippen molar-refractivity contribution < 1.29 is 19.1 Å². The summed E-state index contributed by atoms with van der Waals surface area (Å²) in [4.78, 5) is 34.9. The molecule has 5 aromatic rings. The van der Waals surface area contributed by atoms with E-state index in [2.05, 4.69) is 58.8 Å². The first-order chi connectivity index (χ1) is 25.7. The molecule has 1 aliphatic carbocycles. The molecular weight excluding hydrogens is 661 g/mol. The average Bonchev–Trinajstić information content (AvgIpc) is 3.17. The van der Waals surface area contributed by atoms with Gasteiger partial charge >= 0.3 is 12.1 Å². The Morgan fingerprint density at radius 1 is 0.698 bits per heavy atom. The van der Waals surface area contributed by atoms with Crippen LogP contribution in [0.3, 0.4) is 0 Å². The second kappa shape index (κ2) is 17.7. The van der Waals surface area contributed by atoms with Crippen molar-refractivity contribution >= 4 is 17.8 Å². The van der Waals surface area contributed by atoms with Crippen molar-refractivity contribution in [1.82, 2.24) is 14.8 Å². The Labute approximate surface area is 313 Å². The second-order valence-corrected chi connectivity index (χ2v) is 14.7. The predicted molar refractivity (Wildman–Crippen MR) is 210 cm³/mol. The molecule has 0 bridgehead atoms. The molecule has 0 aliphatic heterocycles. The summed E-state index contributed by atoms with van der Waals surface area (Å²) in [5.74, 6) is 0.732. The van der Waals surface area contributed by atoms with Crippen LogP contribution in [-0.2, 0) is 31.0 Å². The maximum atomic E-state index is 13.7. The number of carbonyl (C=O) groups excluding carboxylic acids is 2. The first-order valence-electron chi connectivity index (χ1n) is 18.6. The second-order valence-electron chi connectivity index (χ2n) is 14.7. The number of anilines is 1. The quantitative estimate of drug-likeness (QED) is 0.139. The molecule has 0 saturated heterocycles. The maximum absolute atomic E-state index is 13.7. The molecule has 0 spiro atoms. The summed E-state index contributed by atoms with van der Waals surface area (Å²) in [6, 6.07) is 38.0. The number of nitrogens with zero attached hydrogens (tertiary/aromatic N) is 3. The van der Waals surface area contributed by atoms with Crippen LogP contribution >= 0.6 is 0 Å². The lowest BCUT2D eigenvalue weighted by Gasteiger charge is -2.35. The van der Waals surface area contributed by atoms with Gasteiger partial charge in [-0.15, -0.1) is 0 Å². The Morgan fingerprint density at radius 2 is 1.30 bits per heavy atom. The normalized spacial score (nSPS) is 13.2. The van der Waals surface area contributed by atoms with Crippen LogP contribution in [0.15, 0.2) is 128 Å². The van der Waals surface area contributed by atoms with Gasteiger partial charge in [0.15, 0.2) is 0 Å². The van der Waals surface area contributed by atoms with E-state index in [1.165, 1.54) is 6.42 Å². The number of rotatable bonds is 12. The van der Waals surface area contributed by atoms with Crippen LogP contribution in [-0.4, -0.2) is 38.6 Å². The van der Waals surface area contributed by atoms with Crippen molar-refractivity contribution in [2.45, 2.75) is 90.8 Å². The smallest absolute Gasteiger partial charge is 0.410 e. The summed E-state index contributed by atoms with van der Waals surface area (Å²) in [5, 5.41) is 3.06. The molecule has 1 aromatic heterocycles. The number of ether oxygens (including phenoxy) is 2. The molecule has 6 rings (SSSR count). The van der Waals surface area contributed by atoms with Gasteiger partial charge in [0.1, 0.15) is 18.0 Å². The van der Waals surface area contributed by atoms with Crippen LogP contribution in [0, 0.1) is 0 Å². The van der Waals surface area contributed by atoms with Crippen molar-refractivity contribution in [3.05, 3.63) is 150 Å². The summed E-state index contributed by atoms with van der Waals surface area (Å²) in [7, 11) is 0. The van der Waals surface area contributed by atoms with Gasteiger partial charge in [-0.3, -0.25) is 4.98 Å². The third kappa shape index (κ3) is 11.2. The Bertz CT molecular complexity index is 1890. The van der Waals surface area contributed by atoms with Gasteiger partial charge in [-0.05, 0) is 97.3 Å². The number of carbonyl (C=O) groups is 2. The minimum atomic E-state index is -0.537. The Balaban J connectivity index is 1.09. The van der Waals surface area contributed by atoms with Gasteiger partial charge in [0, 0.05) is 43.8 Å². The number of pyridine rings is 1. The van der Waals surface area contributed by atoms with E-state index in [1.54, 1.807) is 17.3 Å². The van der Waals surface area contributed by atoms with E-state index in [9.17, 15) is 9.59 Å². The molecule has 1 fully saturated rings. The molecule has 1 aliphatic rings. The zero-order chi connectivity index (χ0) is 37.0. The molecule has 4 aromatic carbocycles. The summed E-state index contributed by atoms with van der Waals surface area (Å²) in [6.45, 7) is 7.58. The highest BCUT2D eigenvalue weighted by molar-refractivity contribution is 5.89. The average molecular weight is 711 g/mol. The zero-order valence-electron chi connectivity index (χ0n) is 31.0. The van der Waals surface area contributed by atoms with Crippen molar-refractivity contribution in [3.8, 4) is 16.9 Å². The Hall–Kier alpha value is -5.63. The van der Waals surface area contributed by atoms with Crippen molar-refractivity contribution in [1.29, 1.82) is 0 Å². The molecule has 0 unspecified atom stereocenters. The molecule has 0 atom stereocenters. The molecule has 1 saturated carbocycles. The molecule has 1 N–H and O–H groups in total. The van der Waals surface area contributed by atoms with E-state index in [0.29, 0.717) is 31.9 Å². The van der Waals surface area contributed by atoms with E-state index in [0.717, 1.165) is 64.8 Å². The SMILES string of the molecule is CC(C)(C)OC(=O)N(Cc1ccc(-c2ccc(CN(Cc3cccnc3)C(=O)Nc3ccc(OCc4ccccc4)cc3)cc2)cc1)C1CCCCC1. The van der Waals surface area contributed by atoms with Crippen molar-refractivity contribution in [2.75, 3.05) is 5.32 Å². The Morgan fingerprint density at radius 3 is 1.91 bits per heavy atom. The number of hydrogen-bond acceptors (Lipinski definition) is 5. The van der Waals surface area contributed by atoms with E-state index in [4.69, 9.17) is 9.47 Å².